The number of methoxy groups -OCH3 is 1. The molecule has 0 aliphatic heterocycles. The summed E-state index contributed by atoms with van der Waals surface area (Å²) in [4.78, 5) is 0. The average molecular weight is 315 g/mol. The first kappa shape index (κ1) is 17.4. The summed E-state index contributed by atoms with van der Waals surface area (Å²) in [5.41, 5.74) is 0.309. The molecule has 21 heavy (non-hydrogen) atoms. The lowest BCUT2D eigenvalue weighted by molar-refractivity contribution is 0.199. The van der Waals surface area contributed by atoms with E-state index in [1.165, 1.54) is 19.2 Å². The molecule has 0 amide bonds. The number of anilines is 1. The van der Waals surface area contributed by atoms with Crippen LogP contribution in [0.25, 0.3) is 0 Å². The van der Waals surface area contributed by atoms with Gasteiger partial charge in [-0.1, -0.05) is 11.8 Å². The van der Waals surface area contributed by atoms with E-state index in [9.17, 15) is 12.8 Å². The molecule has 0 saturated carbocycles. The highest BCUT2D eigenvalue weighted by atomic mass is 32.2. The number of rotatable bonds is 7. The highest BCUT2D eigenvalue weighted by Crippen LogP contribution is 2.17. The minimum atomic E-state index is -3.60. The second kappa shape index (κ2) is 8.62. The third-order valence-electron chi connectivity index (χ3n) is 2.47. The average Bonchev–Trinajstić information content (AvgIpc) is 2.42. The third kappa shape index (κ3) is 6.58. The van der Waals surface area contributed by atoms with E-state index < -0.39 is 15.8 Å². The van der Waals surface area contributed by atoms with Crippen LogP contribution < -0.4 is 4.72 Å². The number of ether oxygens (including phenoxy) is 1. The summed E-state index contributed by atoms with van der Waals surface area (Å²) in [6, 6.07) is 3.99. The van der Waals surface area contributed by atoms with Crippen LogP contribution in [-0.4, -0.2) is 39.6 Å². The SMILES string of the molecule is COCCCS(=O)(=O)Nc1ccc(C#CCCO)cc1F. The molecule has 0 saturated heterocycles. The van der Waals surface area contributed by atoms with Gasteiger partial charge in [-0.15, -0.1) is 0 Å². The van der Waals surface area contributed by atoms with Gasteiger partial charge in [0.1, 0.15) is 5.82 Å². The fourth-order valence-corrected chi connectivity index (χ4v) is 2.61. The molecule has 0 aromatic heterocycles. The maximum Gasteiger partial charge on any atom is 0.232 e. The van der Waals surface area contributed by atoms with E-state index in [2.05, 4.69) is 16.6 Å². The number of aliphatic hydroxyl groups is 1. The molecule has 1 aromatic carbocycles. The molecule has 0 aliphatic carbocycles. The summed E-state index contributed by atoms with van der Waals surface area (Å²) in [5.74, 6) is 4.50. The van der Waals surface area contributed by atoms with Crippen LogP contribution in [0.4, 0.5) is 10.1 Å². The van der Waals surface area contributed by atoms with Gasteiger partial charge in [-0.25, -0.2) is 12.8 Å². The van der Waals surface area contributed by atoms with Crippen LogP contribution in [0.15, 0.2) is 18.2 Å². The second-order valence-corrected chi connectivity index (χ2v) is 6.08. The summed E-state index contributed by atoms with van der Waals surface area (Å²) in [7, 11) is -2.12. The van der Waals surface area contributed by atoms with Crippen LogP contribution in [0.1, 0.15) is 18.4 Å². The number of hydrogen-bond donors (Lipinski definition) is 2. The molecular formula is C14H18FNO4S. The van der Waals surface area contributed by atoms with Crippen LogP contribution in [0, 0.1) is 17.7 Å². The molecule has 0 unspecified atom stereocenters. The van der Waals surface area contributed by atoms with Gasteiger partial charge < -0.3 is 9.84 Å². The van der Waals surface area contributed by atoms with Crippen molar-refractivity contribution in [2.75, 3.05) is 30.8 Å². The number of hydrogen-bond acceptors (Lipinski definition) is 4. The monoisotopic (exact) mass is 315 g/mol. The lowest BCUT2D eigenvalue weighted by Gasteiger charge is -2.08. The van der Waals surface area contributed by atoms with E-state index in [-0.39, 0.29) is 18.0 Å². The van der Waals surface area contributed by atoms with Gasteiger partial charge >= 0.3 is 0 Å². The standard InChI is InChI=1S/C14H18FNO4S/c1-20-9-4-10-21(18,19)16-14-7-6-12(11-13(14)15)5-2-3-8-17/h6-7,11,16-17H,3-4,8-10H2,1H3. The van der Waals surface area contributed by atoms with Gasteiger partial charge in [0.25, 0.3) is 0 Å². The van der Waals surface area contributed by atoms with Gasteiger partial charge in [-0.3, -0.25) is 4.72 Å². The highest BCUT2D eigenvalue weighted by Gasteiger charge is 2.13. The molecule has 7 heteroatoms. The zero-order valence-corrected chi connectivity index (χ0v) is 12.5. The number of benzene rings is 1. The summed E-state index contributed by atoms with van der Waals surface area (Å²) in [5, 5.41) is 8.60. The lowest BCUT2D eigenvalue weighted by Crippen LogP contribution is -2.18. The third-order valence-corrected chi connectivity index (χ3v) is 3.82. The Balaban J connectivity index is 2.75. The van der Waals surface area contributed by atoms with Gasteiger partial charge in [0.05, 0.1) is 18.0 Å². The van der Waals surface area contributed by atoms with E-state index in [1.807, 2.05) is 0 Å². The van der Waals surface area contributed by atoms with E-state index in [4.69, 9.17) is 9.84 Å². The minimum absolute atomic E-state index is 0.0607. The van der Waals surface area contributed by atoms with Gasteiger partial charge in [0.15, 0.2) is 0 Å². The molecule has 1 rings (SSSR count). The van der Waals surface area contributed by atoms with Gasteiger partial charge in [-0.05, 0) is 24.6 Å². The Bertz CT molecular complexity index is 620. The number of nitrogens with one attached hydrogen (secondary N) is 1. The Labute approximate surface area is 124 Å². The number of sulfonamides is 1. The van der Waals surface area contributed by atoms with Crippen molar-refractivity contribution >= 4 is 15.7 Å². The molecule has 1 aromatic rings. The minimum Gasteiger partial charge on any atom is -0.395 e. The van der Waals surface area contributed by atoms with Crippen molar-refractivity contribution in [1.82, 2.24) is 0 Å². The summed E-state index contributed by atoms with van der Waals surface area (Å²) < 4.78 is 44.2. The molecule has 0 aliphatic rings. The van der Waals surface area contributed by atoms with E-state index in [0.29, 0.717) is 25.0 Å². The van der Waals surface area contributed by atoms with Crippen LogP contribution in [0.2, 0.25) is 0 Å². The van der Waals surface area contributed by atoms with Crippen LogP contribution in [-0.2, 0) is 14.8 Å². The van der Waals surface area contributed by atoms with Crippen molar-refractivity contribution in [3.8, 4) is 11.8 Å². The molecule has 116 valence electrons. The number of halogens is 1. The van der Waals surface area contributed by atoms with Crippen molar-refractivity contribution < 1.29 is 22.7 Å². The molecule has 0 radical (unpaired) electrons. The first-order valence-electron chi connectivity index (χ1n) is 6.37. The van der Waals surface area contributed by atoms with E-state index in [0.717, 1.165) is 6.07 Å². The predicted molar refractivity (Wildman–Crippen MR) is 78.9 cm³/mol. The van der Waals surface area contributed by atoms with Gasteiger partial charge in [-0.2, -0.15) is 0 Å². The van der Waals surface area contributed by atoms with Crippen molar-refractivity contribution in [2.24, 2.45) is 0 Å². The normalized spacial score (nSPS) is 10.8. The Morgan fingerprint density at radius 1 is 1.43 bits per heavy atom. The van der Waals surface area contributed by atoms with Gasteiger partial charge in [0, 0.05) is 25.7 Å². The lowest BCUT2D eigenvalue weighted by atomic mass is 10.2. The van der Waals surface area contributed by atoms with Crippen LogP contribution >= 0.6 is 0 Å². The molecule has 0 fully saturated rings. The fourth-order valence-electron chi connectivity index (χ4n) is 1.51. The maximum absolute atomic E-state index is 13.8. The maximum atomic E-state index is 13.8. The zero-order valence-electron chi connectivity index (χ0n) is 11.7. The second-order valence-electron chi connectivity index (χ2n) is 4.24. The van der Waals surface area contributed by atoms with Crippen molar-refractivity contribution in [1.29, 1.82) is 0 Å². The molecule has 0 bridgehead atoms. The molecule has 0 spiro atoms. The fraction of sp³-hybridized carbons (Fsp3) is 0.429. The first-order valence-corrected chi connectivity index (χ1v) is 8.02. The summed E-state index contributed by atoms with van der Waals surface area (Å²) in [6.45, 7) is 0.262. The van der Waals surface area contributed by atoms with Crippen LogP contribution in [0.3, 0.4) is 0 Å². The van der Waals surface area contributed by atoms with Crippen molar-refractivity contribution in [3.63, 3.8) is 0 Å². The summed E-state index contributed by atoms with van der Waals surface area (Å²) >= 11 is 0. The van der Waals surface area contributed by atoms with Crippen molar-refractivity contribution in [3.05, 3.63) is 29.6 Å². The Morgan fingerprint density at radius 2 is 2.19 bits per heavy atom. The Hall–Kier alpha value is -1.62. The molecular weight excluding hydrogens is 297 g/mol. The largest absolute Gasteiger partial charge is 0.395 e. The first-order chi connectivity index (χ1) is 9.98. The Morgan fingerprint density at radius 3 is 2.81 bits per heavy atom. The van der Waals surface area contributed by atoms with Crippen LogP contribution in [0.5, 0.6) is 0 Å². The smallest absolute Gasteiger partial charge is 0.232 e. The Kier molecular flexibility index (Phi) is 7.15. The molecule has 2 N–H and O–H groups in total. The van der Waals surface area contributed by atoms with E-state index >= 15 is 0 Å². The quantitative estimate of drug-likeness (QED) is 0.588. The topological polar surface area (TPSA) is 75.6 Å². The van der Waals surface area contributed by atoms with Crippen molar-refractivity contribution in [2.45, 2.75) is 12.8 Å². The molecule has 5 nitrogen and oxygen atoms in total. The van der Waals surface area contributed by atoms with Gasteiger partial charge in [0.2, 0.25) is 10.0 Å². The zero-order chi connectivity index (χ0) is 15.7. The highest BCUT2D eigenvalue weighted by molar-refractivity contribution is 7.92. The molecule has 0 heterocycles. The summed E-state index contributed by atoms with van der Waals surface area (Å²) in [6.07, 6.45) is 0.633. The predicted octanol–water partition coefficient (Wildman–Crippen LogP) is 1.34. The number of aliphatic hydroxyl groups excluding tert-OH is 1. The van der Waals surface area contributed by atoms with E-state index in [1.54, 1.807) is 0 Å². The molecule has 0 atom stereocenters.